The van der Waals surface area contributed by atoms with E-state index in [9.17, 15) is 9.59 Å². The van der Waals surface area contributed by atoms with Crippen molar-refractivity contribution in [2.24, 2.45) is 0 Å². The molecule has 2 N–H and O–H groups in total. The Hall–Kier alpha value is -2.18. The first kappa shape index (κ1) is 12.3. The van der Waals surface area contributed by atoms with E-state index in [1.807, 2.05) is 0 Å². The molecule has 0 aromatic carbocycles. The minimum Gasteiger partial charge on any atom is -0.480 e. The summed E-state index contributed by atoms with van der Waals surface area (Å²) < 4.78 is 4.82. The van der Waals surface area contributed by atoms with Gasteiger partial charge >= 0.3 is 5.97 Å². The molecular formula is C11H13N3O4. The topological polar surface area (TPSA) is 101 Å². The van der Waals surface area contributed by atoms with Crippen LogP contribution < -0.4 is 10.1 Å². The van der Waals surface area contributed by atoms with E-state index in [2.05, 4.69) is 15.5 Å². The number of aliphatic carboxylic acids is 1. The van der Waals surface area contributed by atoms with Crippen molar-refractivity contribution in [2.75, 3.05) is 7.11 Å². The van der Waals surface area contributed by atoms with Crippen LogP contribution in [0, 0.1) is 0 Å². The van der Waals surface area contributed by atoms with Crippen LogP contribution in [0.2, 0.25) is 0 Å². The van der Waals surface area contributed by atoms with Crippen LogP contribution in [0.1, 0.15) is 29.8 Å². The zero-order valence-corrected chi connectivity index (χ0v) is 9.84. The van der Waals surface area contributed by atoms with Gasteiger partial charge in [0, 0.05) is 6.07 Å². The number of methoxy groups -OCH3 is 1. The molecular weight excluding hydrogens is 238 g/mol. The van der Waals surface area contributed by atoms with Gasteiger partial charge in [-0.2, -0.15) is 0 Å². The lowest BCUT2D eigenvalue weighted by atomic mass is 9.76. The molecule has 7 heteroatoms. The minimum atomic E-state index is -1.14. The highest BCUT2D eigenvalue weighted by atomic mass is 16.5. The Balaban J connectivity index is 2.09. The van der Waals surface area contributed by atoms with Gasteiger partial charge in [-0.1, -0.05) is 0 Å². The Labute approximate surface area is 103 Å². The Morgan fingerprint density at radius 2 is 2.11 bits per heavy atom. The number of carboxylic acid groups (broad SMARTS) is 1. The fraction of sp³-hybridized carbons (Fsp3) is 0.455. The van der Waals surface area contributed by atoms with Gasteiger partial charge in [0.25, 0.3) is 5.91 Å². The summed E-state index contributed by atoms with van der Waals surface area (Å²) in [6.07, 6.45) is 1.68. The quantitative estimate of drug-likeness (QED) is 0.793. The van der Waals surface area contributed by atoms with Crippen molar-refractivity contribution >= 4 is 11.9 Å². The zero-order chi connectivity index (χ0) is 13.2. The average Bonchev–Trinajstić information content (AvgIpc) is 2.33. The fourth-order valence-corrected chi connectivity index (χ4v) is 1.75. The molecule has 1 saturated carbocycles. The van der Waals surface area contributed by atoms with Gasteiger partial charge in [0.15, 0.2) is 5.69 Å². The maximum Gasteiger partial charge on any atom is 0.329 e. The first-order valence-electron chi connectivity index (χ1n) is 5.51. The standard InChI is InChI=1S/C11H13N3O4/c1-18-8-4-3-7(13-14-8)9(15)12-11(10(16)17)5-2-6-11/h3-4H,2,5-6H2,1H3,(H,12,15)(H,16,17). The van der Waals surface area contributed by atoms with Gasteiger partial charge in [-0.15, -0.1) is 10.2 Å². The Morgan fingerprint density at radius 3 is 2.50 bits per heavy atom. The van der Waals surface area contributed by atoms with Gasteiger partial charge in [0.1, 0.15) is 5.54 Å². The molecule has 1 aromatic rings. The van der Waals surface area contributed by atoms with Crippen molar-refractivity contribution < 1.29 is 19.4 Å². The van der Waals surface area contributed by atoms with E-state index < -0.39 is 17.4 Å². The van der Waals surface area contributed by atoms with E-state index in [4.69, 9.17) is 9.84 Å². The molecule has 96 valence electrons. The monoisotopic (exact) mass is 251 g/mol. The average molecular weight is 251 g/mol. The lowest BCUT2D eigenvalue weighted by molar-refractivity contribution is -0.148. The van der Waals surface area contributed by atoms with Crippen LogP contribution in [-0.4, -0.2) is 39.8 Å². The summed E-state index contributed by atoms with van der Waals surface area (Å²) in [5.41, 5.74) is -1.07. The van der Waals surface area contributed by atoms with E-state index in [1.54, 1.807) is 0 Å². The molecule has 1 aromatic heterocycles. The van der Waals surface area contributed by atoms with Crippen molar-refractivity contribution in [2.45, 2.75) is 24.8 Å². The number of carboxylic acids is 1. The second-order valence-corrected chi connectivity index (χ2v) is 4.16. The van der Waals surface area contributed by atoms with E-state index >= 15 is 0 Å². The lowest BCUT2D eigenvalue weighted by Crippen LogP contribution is -2.59. The minimum absolute atomic E-state index is 0.0725. The van der Waals surface area contributed by atoms with Crippen molar-refractivity contribution in [1.29, 1.82) is 0 Å². The normalized spacial score (nSPS) is 16.5. The molecule has 0 aliphatic heterocycles. The summed E-state index contributed by atoms with van der Waals surface area (Å²) in [6, 6.07) is 2.94. The number of ether oxygens (including phenoxy) is 1. The highest BCUT2D eigenvalue weighted by Gasteiger charge is 2.45. The van der Waals surface area contributed by atoms with Crippen LogP contribution in [0.4, 0.5) is 0 Å². The van der Waals surface area contributed by atoms with E-state index in [0.29, 0.717) is 18.7 Å². The molecule has 18 heavy (non-hydrogen) atoms. The maximum atomic E-state index is 11.8. The number of carbonyl (C=O) groups is 2. The van der Waals surface area contributed by atoms with Crippen molar-refractivity contribution in [3.63, 3.8) is 0 Å². The second-order valence-electron chi connectivity index (χ2n) is 4.16. The van der Waals surface area contributed by atoms with Crippen LogP contribution in [0.25, 0.3) is 0 Å². The molecule has 1 aliphatic rings. The summed E-state index contributed by atoms with van der Waals surface area (Å²) >= 11 is 0. The molecule has 1 heterocycles. The molecule has 0 bridgehead atoms. The molecule has 1 aliphatic carbocycles. The number of hydrogen-bond acceptors (Lipinski definition) is 5. The van der Waals surface area contributed by atoms with Crippen LogP contribution in [0.3, 0.4) is 0 Å². The predicted octanol–water partition coefficient (Wildman–Crippen LogP) is 0.222. The SMILES string of the molecule is COc1ccc(C(=O)NC2(C(=O)O)CCC2)nn1. The summed E-state index contributed by atoms with van der Waals surface area (Å²) in [6.45, 7) is 0. The first-order valence-corrected chi connectivity index (χ1v) is 5.51. The maximum absolute atomic E-state index is 11.8. The van der Waals surface area contributed by atoms with Crippen LogP contribution in [0.5, 0.6) is 5.88 Å². The van der Waals surface area contributed by atoms with Crippen molar-refractivity contribution in [3.8, 4) is 5.88 Å². The number of carbonyl (C=O) groups excluding carboxylic acids is 1. The van der Waals surface area contributed by atoms with Crippen molar-refractivity contribution in [1.82, 2.24) is 15.5 Å². The Bertz CT molecular complexity index is 468. The molecule has 2 rings (SSSR count). The fourth-order valence-electron chi connectivity index (χ4n) is 1.75. The zero-order valence-electron chi connectivity index (χ0n) is 9.84. The highest BCUT2D eigenvalue weighted by Crippen LogP contribution is 2.32. The predicted molar refractivity (Wildman–Crippen MR) is 60.3 cm³/mol. The smallest absolute Gasteiger partial charge is 0.329 e. The third kappa shape index (κ3) is 2.11. The van der Waals surface area contributed by atoms with E-state index in [0.717, 1.165) is 6.42 Å². The summed E-state index contributed by atoms with van der Waals surface area (Å²) in [5.74, 6) is -1.25. The second kappa shape index (κ2) is 4.59. The number of amides is 1. The number of rotatable bonds is 4. The molecule has 1 amide bonds. The van der Waals surface area contributed by atoms with Crippen LogP contribution >= 0.6 is 0 Å². The number of nitrogens with zero attached hydrogens (tertiary/aromatic N) is 2. The van der Waals surface area contributed by atoms with Crippen molar-refractivity contribution in [3.05, 3.63) is 17.8 Å². The van der Waals surface area contributed by atoms with E-state index in [-0.39, 0.29) is 5.69 Å². The molecule has 0 spiro atoms. The van der Waals surface area contributed by atoms with Gasteiger partial charge in [-0.3, -0.25) is 4.79 Å². The first-order chi connectivity index (χ1) is 8.57. The molecule has 0 unspecified atom stereocenters. The van der Waals surface area contributed by atoms with Crippen LogP contribution in [0.15, 0.2) is 12.1 Å². The summed E-state index contributed by atoms with van der Waals surface area (Å²) in [4.78, 5) is 22.9. The molecule has 0 radical (unpaired) electrons. The van der Waals surface area contributed by atoms with Gasteiger partial charge < -0.3 is 15.2 Å². The van der Waals surface area contributed by atoms with Gasteiger partial charge in [0.05, 0.1) is 7.11 Å². The molecule has 7 nitrogen and oxygen atoms in total. The number of nitrogens with one attached hydrogen (secondary N) is 1. The van der Waals surface area contributed by atoms with Crippen LogP contribution in [-0.2, 0) is 4.79 Å². The van der Waals surface area contributed by atoms with Gasteiger partial charge in [-0.05, 0) is 25.3 Å². The summed E-state index contributed by atoms with van der Waals surface area (Å²) in [5, 5.41) is 18.9. The molecule has 0 saturated heterocycles. The number of aromatic nitrogens is 2. The van der Waals surface area contributed by atoms with E-state index in [1.165, 1.54) is 19.2 Å². The third-order valence-corrected chi connectivity index (χ3v) is 3.05. The largest absolute Gasteiger partial charge is 0.480 e. The Morgan fingerprint density at radius 1 is 1.39 bits per heavy atom. The molecule has 0 atom stereocenters. The Kier molecular flexibility index (Phi) is 3.14. The third-order valence-electron chi connectivity index (χ3n) is 3.05. The lowest BCUT2D eigenvalue weighted by Gasteiger charge is -2.37. The van der Waals surface area contributed by atoms with Gasteiger partial charge in [0.2, 0.25) is 5.88 Å². The number of hydrogen-bond donors (Lipinski definition) is 2. The summed E-state index contributed by atoms with van der Waals surface area (Å²) in [7, 11) is 1.44. The van der Waals surface area contributed by atoms with Gasteiger partial charge in [-0.25, -0.2) is 4.79 Å². The molecule has 1 fully saturated rings. The highest BCUT2D eigenvalue weighted by molar-refractivity contribution is 5.96.